The minimum Gasteiger partial charge on any atom is -0.349 e. The molecule has 0 saturated heterocycles. The van der Waals surface area contributed by atoms with E-state index in [9.17, 15) is 13.2 Å². The molecule has 25 heavy (non-hydrogen) atoms. The van der Waals surface area contributed by atoms with E-state index in [0.717, 1.165) is 51.4 Å². The van der Waals surface area contributed by atoms with E-state index in [1.54, 1.807) is 24.3 Å². The van der Waals surface area contributed by atoms with Gasteiger partial charge in [0.15, 0.2) is 9.84 Å². The van der Waals surface area contributed by atoms with Crippen LogP contribution in [0.25, 0.3) is 0 Å². The van der Waals surface area contributed by atoms with Crippen LogP contribution >= 0.6 is 12.4 Å². The summed E-state index contributed by atoms with van der Waals surface area (Å²) in [7, 11) is -3.26. The SMILES string of the molecule is Cl.NC1CCC(NC(=O)c2ccc(S(=O)(=O)C3CCCC3)cc2)CC1. The first kappa shape index (κ1) is 20.2. The molecule has 2 aliphatic rings. The van der Waals surface area contributed by atoms with Crippen LogP contribution in [0.15, 0.2) is 29.2 Å². The van der Waals surface area contributed by atoms with Crippen LogP contribution in [0.1, 0.15) is 61.7 Å². The molecule has 1 aromatic carbocycles. The molecule has 5 nitrogen and oxygen atoms in total. The minimum absolute atomic E-state index is 0. The predicted molar refractivity (Wildman–Crippen MR) is 101 cm³/mol. The maximum absolute atomic E-state index is 12.6. The highest BCUT2D eigenvalue weighted by molar-refractivity contribution is 7.92. The van der Waals surface area contributed by atoms with Gasteiger partial charge in [-0.1, -0.05) is 12.8 Å². The Morgan fingerprint density at radius 3 is 2.08 bits per heavy atom. The van der Waals surface area contributed by atoms with Crippen LogP contribution in [0.5, 0.6) is 0 Å². The number of halogens is 1. The third-order valence-corrected chi connectivity index (χ3v) is 7.57. The van der Waals surface area contributed by atoms with Gasteiger partial charge >= 0.3 is 0 Å². The van der Waals surface area contributed by atoms with Crippen molar-refractivity contribution in [2.24, 2.45) is 5.73 Å². The number of rotatable bonds is 4. The lowest BCUT2D eigenvalue weighted by atomic mass is 9.91. The molecule has 3 N–H and O–H groups in total. The highest BCUT2D eigenvalue weighted by Crippen LogP contribution is 2.29. The Kier molecular flexibility index (Phi) is 6.88. The summed E-state index contributed by atoms with van der Waals surface area (Å²) in [4.78, 5) is 12.6. The summed E-state index contributed by atoms with van der Waals surface area (Å²) in [5.41, 5.74) is 6.39. The summed E-state index contributed by atoms with van der Waals surface area (Å²) in [6.07, 6.45) is 7.13. The first-order chi connectivity index (χ1) is 11.5. The first-order valence-corrected chi connectivity index (χ1v) is 10.4. The van der Waals surface area contributed by atoms with Crippen LogP contribution in [0.2, 0.25) is 0 Å². The molecule has 0 spiro atoms. The van der Waals surface area contributed by atoms with E-state index in [0.29, 0.717) is 10.5 Å². The second-order valence-electron chi connectivity index (χ2n) is 7.06. The number of amides is 1. The Hall–Kier alpha value is -1.11. The topological polar surface area (TPSA) is 89.3 Å². The average Bonchev–Trinajstić information content (AvgIpc) is 3.12. The lowest BCUT2D eigenvalue weighted by molar-refractivity contribution is 0.0926. The molecule has 2 saturated carbocycles. The third-order valence-electron chi connectivity index (χ3n) is 5.29. The van der Waals surface area contributed by atoms with Crippen molar-refractivity contribution in [3.8, 4) is 0 Å². The van der Waals surface area contributed by atoms with Gasteiger partial charge in [-0.15, -0.1) is 12.4 Å². The molecule has 0 aliphatic heterocycles. The standard InChI is InChI=1S/C18H26N2O3S.ClH/c19-14-7-9-15(10-8-14)20-18(21)13-5-11-17(12-6-13)24(22,23)16-3-1-2-4-16;/h5-6,11-12,14-16H,1-4,7-10,19H2,(H,20,21);1H. The van der Waals surface area contributed by atoms with Gasteiger partial charge in [0, 0.05) is 17.6 Å². The van der Waals surface area contributed by atoms with Crippen molar-refractivity contribution in [1.82, 2.24) is 5.32 Å². The van der Waals surface area contributed by atoms with Crippen molar-refractivity contribution in [2.75, 3.05) is 0 Å². The lowest BCUT2D eigenvalue weighted by Gasteiger charge is -2.26. The van der Waals surface area contributed by atoms with Crippen molar-refractivity contribution in [1.29, 1.82) is 0 Å². The molecule has 0 heterocycles. The van der Waals surface area contributed by atoms with E-state index in [4.69, 9.17) is 5.73 Å². The Morgan fingerprint density at radius 1 is 0.960 bits per heavy atom. The van der Waals surface area contributed by atoms with Gasteiger partial charge in [-0.25, -0.2) is 8.42 Å². The van der Waals surface area contributed by atoms with E-state index in [1.807, 2.05) is 0 Å². The molecule has 0 unspecified atom stereocenters. The molecule has 0 aromatic heterocycles. The number of nitrogens with one attached hydrogen (secondary N) is 1. The molecule has 1 aromatic rings. The number of carbonyl (C=O) groups is 1. The van der Waals surface area contributed by atoms with Gasteiger partial charge in [0.05, 0.1) is 10.1 Å². The van der Waals surface area contributed by atoms with Crippen LogP contribution in [-0.2, 0) is 9.84 Å². The van der Waals surface area contributed by atoms with Crippen LogP contribution in [0.4, 0.5) is 0 Å². The molecule has 0 bridgehead atoms. The Labute approximate surface area is 156 Å². The number of hydrogen-bond donors (Lipinski definition) is 2. The number of carbonyl (C=O) groups excluding carboxylic acids is 1. The fourth-order valence-corrected chi connectivity index (χ4v) is 5.57. The van der Waals surface area contributed by atoms with E-state index in [2.05, 4.69) is 5.32 Å². The fourth-order valence-electron chi connectivity index (χ4n) is 3.72. The van der Waals surface area contributed by atoms with Gasteiger partial charge in [-0.05, 0) is 62.8 Å². The zero-order valence-corrected chi connectivity index (χ0v) is 15.9. The molecule has 2 aliphatic carbocycles. The van der Waals surface area contributed by atoms with Crippen molar-refractivity contribution < 1.29 is 13.2 Å². The average molecular weight is 387 g/mol. The molecule has 7 heteroatoms. The highest BCUT2D eigenvalue weighted by Gasteiger charge is 2.30. The van der Waals surface area contributed by atoms with Crippen molar-refractivity contribution >= 4 is 28.2 Å². The molecule has 0 atom stereocenters. The van der Waals surface area contributed by atoms with E-state index in [-0.39, 0.29) is 35.6 Å². The quantitative estimate of drug-likeness (QED) is 0.832. The van der Waals surface area contributed by atoms with Gasteiger partial charge in [-0.2, -0.15) is 0 Å². The number of sulfone groups is 1. The van der Waals surface area contributed by atoms with Crippen molar-refractivity contribution in [3.05, 3.63) is 29.8 Å². The second-order valence-corrected chi connectivity index (χ2v) is 9.29. The summed E-state index contributed by atoms with van der Waals surface area (Å²) in [6, 6.07) is 6.79. The molecule has 2 fully saturated rings. The van der Waals surface area contributed by atoms with Gasteiger partial charge in [0.2, 0.25) is 0 Å². The van der Waals surface area contributed by atoms with Crippen LogP contribution < -0.4 is 11.1 Å². The molecule has 3 rings (SSSR count). The third kappa shape index (κ3) is 4.74. The van der Waals surface area contributed by atoms with Crippen LogP contribution in [-0.4, -0.2) is 31.7 Å². The van der Waals surface area contributed by atoms with Gasteiger partial charge in [0.25, 0.3) is 5.91 Å². The molecule has 1 amide bonds. The monoisotopic (exact) mass is 386 g/mol. The maximum atomic E-state index is 12.6. The predicted octanol–water partition coefficient (Wildman–Crippen LogP) is 2.82. The minimum atomic E-state index is -3.26. The fraction of sp³-hybridized carbons (Fsp3) is 0.611. The van der Waals surface area contributed by atoms with Gasteiger partial charge in [0.1, 0.15) is 0 Å². The Morgan fingerprint density at radius 2 is 1.52 bits per heavy atom. The molecule has 0 radical (unpaired) electrons. The van der Waals surface area contributed by atoms with Crippen LogP contribution in [0, 0.1) is 0 Å². The molecule has 140 valence electrons. The zero-order chi connectivity index (χ0) is 17.2. The normalized spacial score (nSPS) is 24.5. The summed E-state index contributed by atoms with van der Waals surface area (Å²) < 4.78 is 25.1. The van der Waals surface area contributed by atoms with Crippen molar-refractivity contribution in [2.45, 2.75) is 73.6 Å². The van der Waals surface area contributed by atoms with Gasteiger partial charge < -0.3 is 11.1 Å². The molecular formula is C18H27ClN2O3S. The molecular weight excluding hydrogens is 360 g/mol. The first-order valence-electron chi connectivity index (χ1n) is 8.87. The maximum Gasteiger partial charge on any atom is 0.251 e. The van der Waals surface area contributed by atoms with Gasteiger partial charge in [-0.3, -0.25) is 4.79 Å². The van der Waals surface area contributed by atoms with E-state index in [1.165, 1.54) is 0 Å². The summed E-state index contributed by atoms with van der Waals surface area (Å²) >= 11 is 0. The summed E-state index contributed by atoms with van der Waals surface area (Å²) in [5, 5.41) is 2.76. The lowest BCUT2D eigenvalue weighted by Crippen LogP contribution is -2.40. The number of nitrogens with two attached hydrogens (primary N) is 1. The number of hydrogen-bond acceptors (Lipinski definition) is 4. The summed E-state index contributed by atoms with van der Waals surface area (Å²) in [6.45, 7) is 0. The number of benzene rings is 1. The Bertz CT molecular complexity index is 677. The zero-order valence-electron chi connectivity index (χ0n) is 14.3. The smallest absolute Gasteiger partial charge is 0.251 e. The van der Waals surface area contributed by atoms with Crippen LogP contribution in [0.3, 0.4) is 0 Å². The van der Waals surface area contributed by atoms with Crippen molar-refractivity contribution in [3.63, 3.8) is 0 Å². The largest absolute Gasteiger partial charge is 0.349 e. The highest BCUT2D eigenvalue weighted by atomic mass is 35.5. The second kappa shape index (κ2) is 8.52. The summed E-state index contributed by atoms with van der Waals surface area (Å²) in [5.74, 6) is -0.139. The van der Waals surface area contributed by atoms with E-state index >= 15 is 0 Å². The van der Waals surface area contributed by atoms with E-state index < -0.39 is 9.84 Å². The Balaban J connectivity index is 0.00000225.